The topological polar surface area (TPSA) is 71.4 Å². The molecule has 2 heterocycles. The summed E-state index contributed by atoms with van der Waals surface area (Å²) in [6.45, 7) is 4.85. The van der Waals surface area contributed by atoms with Crippen LogP contribution >= 0.6 is 35.0 Å². The lowest BCUT2D eigenvalue weighted by molar-refractivity contribution is -0.122. The van der Waals surface area contributed by atoms with Crippen LogP contribution in [0.2, 0.25) is 10.0 Å². The predicted octanol–water partition coefficient (Wildman–Crippen LogP) is 6.67. The zero-order chi connectivity index (χ0) is 28.1. The van der Waals surface area contributed by atoms with Crippen LogP contribution in [-0.2, 0) is 16.1 Å². The van der Waals surface area contributed by atoms with Gasteiger partial charge >= 0.3 is 0 Å². The van der Waals surface area contributed by atoms with Gasteiger partial charge in [-0.3, -0.25) is 14.5 Å². The number of thioether (sulfide) groups is 1. The maximum absolute atomic E-state index is 13.3. The van der Waals surface area contributed by atoms with E-state index in [0.29, 0.717) is 82.1 Å². The maximum Gasteiger partial charge on any atom is 0.266 e. The molecule has 5 rings (SSSR count). The molecule has 0 N–H and O–H groups in total. The number of carbonyl (C=O) groups excluding carboxylic acids is 2. The van der Waals surface area contributed by atoms with Crippen molar-refractivity contribution in [3.8, 4) is 5.75 Å². The Kier molecular flexibility index (Phi) is 9.11. The third-order valence-corrected chi connectivity index (χ3v) is 7.84. The number of hydrogen-bond donors (Lipinski definition) is 0. The number of amides is 2. The SMILES string of the molecule is CCN1C(=O)/C(=C\c2cc(Cl)ccc2OCc2cccc(Cl)c2)SC1=Nc1cccc(C(=O)N2CCOCC2)c1. The Morgan fingerprint density at radius 2 is 1.82 bits per heavy atom. The third kappa shape index (κ3) is 6.70. The number of likely N-dealkylation sites (N-methyl/N-ethyl adjacent to an activating group) is 1. The summed E-state index contributed by atoms with van der Waals surface area (Å²) < 4.78 is 11.4. The summed E-state index contributed by atoms with van der Waals surface area (Å²) in [6.07, 6.45) is 1.77. The smallest absolute Gasteiger partial charge is 0.266 e. The van der Waals surface area contributed by atoms with Crippen LogP contribution < -0.4 is 4.74 Å². The summed E-state index contributed by atoms with van der Waals surface area (Å²) in [5.74, 6) is 0.375. The molecule has 0 spiro atoms. The molecule has 2 aliphatic rings. The quantitative estimate of drug-likeness (QED) is 0.285. The van der Waals surface area contributed by atoms with E-state index in [1.54, 1.807) is 52.3 Å². The molecule has 0 aromatic heterocycles. The molecule has 0 unspecified atom stereocenters. The average Bonchev–Trinajstić information content (AvgIpc) is 3.25. The van der Waals surface area contributed by atoms with Crippen LogP contribution in [0.5, 0.6) is 5.75 Å². The van der Waals surface area contributed by atoms with Crippen LogP contribution in [0.1, 0.15) is 28.4 Å². The van der Waals surface area contributed by atoms with Crippen molar-refractivity contribution in [1.82, 2.24) is 9.80 Å². The minimum absolute atomic E-state index is 0.0558. The van der Waals surface area contributed by atoms with E-state index in [-0.39, 0.29) is 11.8 Å². The third-order valence-electron chi connectivity index (χ3n) is 6.36. The zero-order valence-electron chi connectivity index (χ0n) is 21.8. The van der Waals surface area contributed by atoms with Crippen molar-refractivity contribution in [2.24, 2.45) is 4.99 Å². The van der Waals surface area contributed by atoms with Crippen LogP contribution in [-0.4, -0.2) is 59.6 Å². The predicted molar refractivity (Wildman–Crippen MR) is 160 cm³/mol. The number of rotatable bonds is 7. The molecule has 10 heteroatoms. The van der Waals surface area contributed by atoms with E-state index in [1.807, 2.05) is 37.3 Å². The molecule has 3 aromatic rings. The highest BCUT2D eigenvalue weighted by Gasteiger charge is 2.32. The van der Waals surface area contributed by atoms with E-state index in [0.717, 1.165) is 5.56 Å². The first kappa shape index (κ1) is 28.2. The Hall–Kier alpha value is -3.30. The monoisotopic (exact) mass is 595 g/mol. The molecule has 2 aliphatic heterocycles. The molecule has 206 valence electrons. The van der Waals surface area contributed by atoms with E-state index in [9.17, 15) is 9.59 Å². The highest BCUT2D eigenvalue weighted by molar-refractivity contribution is 8.18. The lowest BCUT2D eigenvalue weighted by Gasteiger charge is -2.26. The molecule has 2 amide bonds. The fraction of sp³-hybridized carbons (Fsp3) is 0.233. The molecule has 7 nitrogen and oxygen atoms in total. The molecule has 0 aliphatic carbocycles. The van der Waals surface area contributed by atoms with Crippen molar-refractivity contribution in [3.05, 3.63) is 98.4 Å². The molecular formula is C30H27Cl2N3O4S. The number of hydrogen-bond acceptors (Lipinski definition) is 6. The van der Waals surface area contributed by atoms with E-state index >= 15 is 0 Å². The number of carbonyl (C=O) groups is 2. The average molecular weight is 597 g/mol. The number of benzene rings is 3. The number of amidine groups is 1. The molecule has 0 radical (unpaired) electrons. The van der Waals surface area contributed by atoms with Crippen LogP contribution in [0.3, 0.4) is 0 Å². The van der Waals surface area contributed by atoms with Gasteiger partial charge in [-0.05, 0) is 78.9 Å². The molecule has 0 bridgehead atoms. The first-order valence-corrected chi connectivity index (χ1v) is 14.4. The summed E-state index contributed by atoms with van der Waals surface area (Å²) >= 11 is 13.7. The number of aliphatic imine (C=N–C) groups is 1. The van der Waals surface area contributed by atoms with Crippen LogP contribution in [0.4, 0.5) is 5.69 Å². The minimum Gasteiger partial charge on any atom is -0.488 e. The molecule has 3 aromatic carbocycles. The van der Waals surface area contributed by atoms with Gasteiger partial charge in [0.15, 0.2) is 5.17 Å². The van der Waals surface area contributed by atoms with Gasteiger partial charge in [0.1, 0.15) is 12.4 Å². The highest BCUT2D eigenvalue weighted by Crippen LogP contribution is 2.36. The van der Waals surface area contributed by atoms with Gasteiger partial charge in [0.2, 0.25) is 0 Å². The van der Waals surface area contributed by atoms with Crippen molar-refractivity contribution in [2.75, 3.05) is 32.8 Å². The van der Waals surface area contributed by atoms with Crippen LogP contribution in [0.15, 0.2) is 76.6 Å². The van der Waals surface area contributed by atoms with Crippen molar-refractivity contribution in [2.45, 2.75) is 13.5 Å². The second-order valence-corrected chi connectivity index (χ2v) is 11.0. The van der Waals surface area contributed by atoms with Gasteiger partial charge in [0.25, 0.3) is 11.8 Å². The van der Waals surface area contributed by atoms with Gasteiger partial charge in [-0.25, -0.2) is 4.99 Å². The van der Waals surface area contributed by atoms with Crippen LogP contribution in [0.25, 0.3) is 6.08 Å². The van der Waals surface area contributed by atoms with Crippen molar-refractivity contribution >= 4 is 63.7 Å². The summed E-state index contributed by atoms with van der Waals surface area (Å²) in [5, 5.41) is 1.70. The molecule has 2 saturated heterocycles. The summed E-state index contributed by atoms with van der Waals surface area (Å²) in [7, 11) is 0. The largest absolute Gasteiger partial charge is 0.488 e. The number of ether oxygens (including phenoxy) is 2. The van der Waals surface area contributed by atoms with Gasteiger partial charge in [-0.2, -0.15) is 0 Å². The molecular weight excluding hydrogens is 569 g/mol. The minimum atomic E-state index is -0.160. The second-order valence-electron chi connectivity index (χ2n) is 9.11. The standard InChI is InChI=1S/C30H27Cl2N3O4S/c1-2-35-29(37)27(18-22-16-24(32)9-10-26(22)39-19-20-5-3-7-23(31)15-20)40-30(35)33-25-8-4-6-21(17-25)28(36)34-11-13-38-14-12-34/h3-10,15-18H,2,11-14,19H2,1H3/b27-18+,33-30?. The number of morpholine rings is 1. The summed E-state index contributed by atoms with van der Waals surface area (Å²) in [4.78, 5) is 34.9. The Bertz CT molecular complexity index is 1490. The molecule has 40 heavy (non-hydrogen) atoms. The first-order chi connectivity index (χ1) is 19.4. The second kappa shape index (κ2) is 12.9. The Balaban J connectivity index is 1.38. The Labute approximate surface area is 247 Å². The molecule has 2 fully saturated rings. The Morgan fingerprint density at radius 3 is 2.60 bits per heavy atom. The molecule has 0 saturated carbocycles. The fourth-order valence-corrected chi connectivity index (χ4v) is 5.78. The van der Waals surface area contributed by atoms with Gasteiger partial charge in [0, 0.05) is 40.8 Å². The van der Waals surface area contributed by atoms with E-state index in [2.05, 4.69) is 0 Å². The number of halogens is 2. The van der Waals surface area contributed by atoms with Crippen molar-refractivity contribution < 1.29 is 19.1 Å². The van der Waals surface area contributed by atoms with E-state index in [4.69, 9.17) is 37.7 Å². The lowest BCUT2D eigenvalue weighted by atomic mass is 10.1. The van der Waals surface area contributed by atoms with Crippen molar-refractivity contribution in [1.29, 1.82) is 0 Å². The lowest BCUT2D eigenvalue weighted by Crippen LogP contribution is -2.40. The summed E-state index contributed by atoms with van der Waals surface area (Å²) in [6, 6.07) is 19.9. The van der Waals surface area contributed by atoms with Gasteiger partial charge in [-0.1, -0.05) is 41.4 Å². The van der Waals surface area contributed by atoms with Gasteiger partial charge in [-0.15, -0.1) is 0 Å². The normalized spacial score (nSPS) is 17.6. The van der Waals surface area contributed by atoms with Gasteiger partial charge in [0.05, 0.1) is 23.8 Å². The zero-order valence-corrected chi connectivity index (χ0v) is 24.1. The summed E-state index contributed by atoms with van der Waals surface area (Å²) in [5.41, 5.74) is 2.76. The Morgan fingerprint density at radius 1 is 1.05 bits per heavy atom. The fourth-order valence-electron chi connectivity index (χ4n) is 4.33. The number of nitrogens with zero attached hydrogens (tertiary/aromatic N) is 3. The van der Waals surface area contributed by atoms with Crippen LogP contribution in [0, 0.1) is 0 Å². The first-order valence-electron chi connectivity index (χ1n) is 12.9. The highest BCUT2D eigenvalue weighted by atomic mass is 35.5. The van der Waals surface area contributed by atoms with E-state index < -0.39 is 0 Å². The van der Waals surface area contributed by atoms with Crippen molar-refractivity contribution in [3.63, 3.8) is 0 Å². The molecule has 0 atom stereocenters. The van der Waals surface area contributed by atoms with Gasteiger partial charge < -0.3 is 14.4 Å². The maximum atomic E-state index is 13.3. The van der Waals surface area contributed by atoms with E-state index in [1.165, 1.54) is 11.8 Å².